The molecule has 57 heavy (non-hydrogen) atoms. The number of para-hydroxylation sites is 1. The molecule has 2 aliphatic heterocycles. The molecule has 0 spiro atoms. The van der Waals surface area contributed by atoms with Crippen LogP contribution in [0.25, 0.3) is 60.7 Å². The quantitative estimate of drug-likeness (QED) is 0.166. The maximum atomic E-state index is 6.36. The molecule has 4 heterocycles. The predicted molar refractivity (Wildman–Crippen MR) is 234 cm³/mol. The molecule has 11 rings (SSSR count). The minimum Gasteiger partial charge on any atom is -0.335 e. The molecular formula is C53H34N4. The number of hydrogen-bond donors (Lipinski definition) is 0. The van der Waals surface area contributed by atoms with Gasteiger partial charge in [0.15, 0.2) is 0 Å². The Morgan fingerprint density at radius 3 is 2.47 bits per heavy atom. The van der Waals surface area contributed by atoms with Gasteiger partial charge in [0.1, 0.15) is 0 Å². The van der Waals surface area contributed by atoms with E-state index in [1.54, 1.807) is 0 Å². The first-order valence-electron chi connectivity index (χ1n) is 19.3. The van der Waals surface area contributed by atoms with Crippen LogP contribution in [0.15, 0.2) is 181 Å². The van der Waals surface area contributed by atoms with Crippen molar-refractivity contribution in [2.45, 2.75) is 19.4 Å². The average molecular weight is 727 g/mol. The van der Waals surface area contributed by atoms with Crippen molar-refractivity contribution < 1.29 is 0 Å². The molecule has 0 fully saturated rings. The number of hydrogen-bond acceptors (Lipinski definition) is 3. The van der Waals surface area contributed by atoms with Gasteiger partial charge in [-0.2, -0.15) is 0 Å². The zero-order valence-corrected chi connectivity index (χ0v) is 31.1. The fourth-order valence-corrected chi connectivity index (χ4v) is 8.72. The van der Waals surface area contributed by atoms with Crippen molar-refractivity contribution in [3.05, 3.63) is 209 Å². The number of terminal acetylenes is 1. The summed E-state index contributed by atoms with van der Waals surface area (Å²) in [5.74, 6) is 10.3. The average Bonchev–Trinajstić information content (AvgIpc) is 3.67. The van der Waals surface area contributed by atoms with Gasteiger partial charge in [0.25, 0.3) is 0 Å². The molecule has 0 atom stereocenters. The molecule has 4 heteroatoms. The van der Waals surface area contributed by atoms with E-state index in [0.717, 1.165) is 73.2 Å². The summed E-state index contributed by atoms with van der Waals surface area (Å²) < 4.78 is 2.25. The molecule has 0 amide bonds. The highest BCUT2D eigenvalue weighted by atomic mass is 15.2. The SMILES string of the molecule is C#C/C(C1=CC=CCC#C1)=C1/C=C(c2ccc3c(c2)c2c4ccccc4ccc2n3-c2nc(Cc3ccccc3)c3ccccc3n2)C=C2c3ccccc3CN21. The van der Waals surface area contributed by atoms with Crippen LogP contribution in [-0.4, -0.2) is 19.4 Å². The molecule has 1 aliphatic carbocycles. The predicted octanol–water partition coefficient (Wildman–Crippen LogP) is 11.5. The number of aromatic nitrogens is 3. The first-order valence-corrected chi connectivity index (χ1v) is 19.3. The van der Waals surface area contributed by atoms with Gasteiger partial charge in [0.05, 0.1) is 33.5 Å². The van der Waals surface area contributed by atoms with Crippen LogP contribution >= 0.6 is 0 Å². The smallest absolute Gasteiger partial charge is 0.235 e. The van der Waals surface area contributed by atoms with Crippen molar-refractivity contribution in [2.75, 3.05) is 0 Å². The molecule has 0 bridgehead atoms. The lowest BCUT2D eigenvalue weighted by molar-refractivity contribution is 0.518. The Bertz CT molecular complexity index is 3280. The zero-order chi connectivity index (χ0) is 37.9. The molecule has 0 saturated heterocycles. The summed E-state index contributed by atoms with van der Waals surface area (Å²) in [4.78, 5) is 12.9. The van der Waals surface area contributed by atoms with Crippen LogP contribution < -0.4 is 0 Å². The lowest BCUT2D eigenvalue weighted by Gasteiger charge is -2.28. The summed E-state index contributed by atoms with van der Waals surface area (Å²) >= 11 is 0. The summed E-state index contributed by atoms with van der Waals surface area (Å²) in [5, 5.41) is 5.75. The van der Waals surface area contributed by atoms with Crippen LogP contribution in [0, 0.1) is 24.2 Å². The standard InChI is InChI=1S/C53H34N4/c1-2-41(36-18-8-3-4-9-19-36)50-32-40(33-51-42-22-12-11-21-39(42)34-56(50)51)38-27-28-48-45(31-38)52-43-23-13-10-20-37(43)26-29-49(52)57(48)53-54-46-25-15-14-24-44(46)47(55-53)30-35-16-6-5-7-17-35/h1,3,5-8,10-18,20-29,31-33H,4,30,34H2/b50-41+. The maximum Gasteiger partial charge on any atom is 0.235 e. The Kier molecular flexibility index (Phi) is 7.63. The van der Waals surface area contributed by atoms with E-state index in [1.165, 1.54) is 32.8 Å². The molecule has 0 N–H and O–H groups in total. The van der Waals surface area contributed by atoms with Gasteiger partial charge in [0.2, 0.25) is 5.95 Å². The van der Waals surface area contributed by atoms with Crippen molar-refractivity contribution in [3.63, 3.8) is 0 Å². The second-order valence-electron chi connectivity index (χ2n) is 14.7. The summed E-state index contributed by atoms with van der Waals surface area (Å²) in [6.07, 6.45) is 18.5. The Balaban J connectivity index is 1.16. The van der Waals surface area contributed by atoms with Crippen molar-refractivity contribution in [1.82, 2.24) is 19.4 Å². The molecule has 0 radical (unpaired) electrons. The number of benzene rings is 6. The molecule has 3 aliphatic rings. The molecule has 4 nitrogen and oxygen atoms in total. The second-order valence-corrected chi connectivity index (χ2v) is 14.7. The van der Waals surface area contributed by atoms with Gasteiger partial charge in [-0.25, -0.2) is 9.97 Å². The minimum atomic E-state index is 0.663. The number of rotatable bonds is 5. The molecule has 0 unspecified atom stereocenters. The van der Waals surface area contributed by atoms with Gasteiger partial charge in [-0.1, -0.05) is 139 Å². The van der Waals surface area contributed by atoms with Gasteiger partial charge < -0.3 is 4.90 Å². The third-order valence-electron chi connectivity index (χ3n) is 11.4. The van der Waals surface area contributed by atoms with Crippen LogP contribution in [0.5, 0.6) is 0 Å². The van der Waals surface area contributed by atoms with E-state index in [9.17, 15) is 0 Å². The fraction of sp³-hybridized carbons (Fsp3) is 0.0566. The Morgan fingerprint density at radius 2 is 1.56 bits per heavy atom. The van der Waals surface area contributed by atoms with Crippen molar-refractivity contribution in [2.24, 2.45) is 0 Å². The first kappa shape index (κ1) is 32.7. The number of fused-ring (bicyclic) bond motifs is 9. The molecule has 0 saturated carbocycles. The van der Waals surface area contributed by atoms with Gasteiger partial charge in [-0.15, -0.1) is 6.42 Å². The fourth-order valence-electron chi connectivity index (χ4n) is 8.72. The number of allylic oxidation sites excluding steroid dienone is 8. The summed E-state index contributed by atoms with van der Waals surface area (Å²) in [6.45, 7) is 0.749. The van der Waals surface area contributed by atoms with E-state index in [-0.39, 0.29) is 0 Å². The number of nitrogens with zero attached hydrogens (tertiary/aromatic N) is 4. The van der Waals surface area contributed by atoms with Crippen LogP contribution in [-0.2, 0) is 13.0 Å². The van der Waals surface area contributed by atoms with Crippen LogP contribution in [0.2, 0.25) is 0 Å². The van der Waals surface area contributed by atoms with Crippen LogP contribution in [0.4, 0.5) is 0 Å². The van der Waals surface area contributed by atoms with Gasteiger partial charge in [-0.05, 0) is 75.5 Å². The monoisotopic (exact) mass is 726 g/mol. The summed E-state index contributed by atoms with van der Waals surface area (Å²) in [7, 11) is 0. The Labute approximate surface area is 331 Å². The lowest BCUT2D eigenvalue weighted by Crippen LogP contribution is -2.19. The highest BCUT2D eigenvalue weighted by Crippen LogP contribution is 2.45. The Morgan fingerprint density at radius 1 is 0.754 bits per heavy atom. The molecular weight excluding hydrogens is 693 g/mol. The second kappa shape index (κ2) is 13.3. The minimum absolute atomic E-state index is 0.663. The van der Waals surface area contributed by atoms with E-state index in [0.29, 0.717) is 18.8 Å². The highest BCUT2D eigenvalue weighted by molar-refractivity contribution is 6.21. The molecule has 6 aromatic carbocycles. The van der Waals surface area contributed by atoms with Crippen molar-refractivity contribution >= 4 is 54.8 Å². The zero-order valence-electron chi connectivity index (χ0n) is 31.1. The third-order valence-corrected chi connectivity index (χ3v) is 11.4. The normalized spacial score (nSPS) is 15.4. The molecule has 2 aromatic heterocycles. The van der Waals surface area contributed by atoms with Gasteiger partial charge in [-0.3, -0.25) is 4.57 Å². The van der Waals surface area contributed by atoms with E-state index in [2.05, 4.69) is 179 Å². The lowest BCUT2D eigenvalue weighted by atomic mass is 9.93. The van der Waals surface area contributed by atoms with Crippen molar-refractivity contribution in [3.8, 4) is 30.1 Å². The van der Waals surface area contributed by atoms with E-state index < -0.39 is 0 Å². The first-order chi connectivity index (χ1) is 28.2. The van der Waals surface area contributed by atoms with Crippen molar-refractivity contribution in [1.29, 1.82) is 0 Å². The van der Waals surface area contributed by atoms with Crippen LogP contribution in [0.1, 0.15) is 34.4 Å². The summed E-state index contributed by atoms with van der Waals surface area (Å²) in [5.41, 5.74) is 13.7. The maximum absolute atomic E-state index is 6.36. The molecule has 266 valence electrons. The van der Waals surface area contributed by atoms with E-state index in [1.807, 2.05) is 12.2 Å². The molecule has 8 aromatic rings. The van der Waals surface area contributed by atoms with Gasteiger partial charge >= 0.3 is 0 Å². The third kappa shape index (κ3) is 5.42. The highest BCUT2D eigenvalue weighted by Gasteiger charge is 2.31. The topological polar surface area (TPSA) is 34.0 Å². The van der Waals surface area contributed by atoms with E-state index in [4.69, 9.17) is 16.4 Å². The summed E-state index contributed by atoms with van der Waals surface area (Å²) in [6, 6.07) is 47.4. The Hall–Kier alpha value is -7.66. The largest absolute Gasteiger partial charge is 0.335 e. The van der Waals surface area contributed by atoms with Gasteiger partial charge in [0, 0.05) is 52.4 Å². The van der Waals surface area contributed by atoms with Crippen LogP contribution in [0.3, 0.4) is 0 Å². The van der Waals surface area contributed by atoms with E-state index >= 15 is 0 Å².